The molecule has 0 N–H and O–H groups in total. The summed E-state index contributed by atoms with van der Waals surface area (Å²) in [5.74, 6) is 0.514. The normalized spacial score (nSPS) is 18.5. The lowest BCUT2D eigenvalue weighted by Gasteiger charge is -2.19. The molecule has 0 fully saturated rings. The van der Waals surface area contributed by atoms with Gasteiger partial charge >= 0.3 is 0 Å². The van der Waals surface area contributed by atoms with Gasteiger partial charge in [-0.3, -0.25) is 14.9 Å². The molecule has 1 aliphatic heterocycles. The van der Waals surface area contributed by atoms with Gasteiger partial charge in [0.15, 0.2) is 0 Å². The van der Waals surface area contributed by atoms with Crippen molar-refractivity contribution in [2.45, 2.75) is 12.5 Å². The second kappa shape index (κ2) is 5.44. The zero-order valence-corrected chi connectivity index (χ0v) is 11.1. The molecule has 2 rings (SSSR count). The van der Waals surface area contributed by atoms with Crippen LogP contribution in [0.1, 0.15) is 16.8 Å². The van der Waals surface area contributed by atoms with Crippen LogP contribution in [0.15, 0.2) is 18.2 Å². The van der Waals surface area contributed by atoms with Crippen LogP contribution in [0.5, 0.6) is 5.75 Å². The molecule has 0 bridgehead atoms. The number of rotatable bonds is 3. The number of nitrogens with zero attached hydrogens (tertiary/aromatic N) is 2. The Labute approximate surface area is 115 Å². The summed E-state index contributed by atoms with van der Waals surface area (Å²) in [4.78, 5) is 23.9. The second-order valence-corrected chi connectivity index (χ2v) is 4.72. The maximum absolute atomic E-state index is 12.2. The van der Waals surface area contributed by atoms with Crippen LogP contribution < -0.4 is 4.74 Å². The Morgan fingerprint density at radius 1 is 1.58 bits per heavy atom. The third-order valence-electron chi connectivity index (χ3n) is 2.95. The Morgan fingerprint density at radius 3 is 2.95 bits per heavy atom. The minimum atomic E-state index is -0.533. The average Bonchev–Trinajstić information content (AvgIpc) is 2.48. The van der Waals surface area contributed by atoms with E-state index in [9.17, 15) is 14.9 Å². The molecule has 0 radical (unpaired) electrons. The van der Waals surface area contributed by atoms with E-state index in [0.717, 1.165) is 0 Å². The average molecular weight is 285 g/mol. The first-order valence-electron chi connectivity index (χ1n) is 5.79. The maximum atomic E-state index is 12.2. The van der Waals surface area contributed by atoms with E-state index in [1.165, 1.54) is 23.1 Å². The van der Waals surface area contributed by atoms with Gasteiger partial charge in [0.2, 0.25) is 0 Å². The quantitative estimate of drug-likeness (QED) is 0.484. The number of non-ortho nitro benzene ring substituents is 1. The lowest BCUT2D eigenvalue weighted by Crippen LogP contribution is -2.34. The highest BCUT2D eigenvalue weighted by atomic mass is 35.5. The molecule has 0 spiro atoms. The number of benzene rings is 1. The van der Waals surface area contributed by atoms with Gasteiger partial charge in [0.05, 0.1) is 17.0 Å². The van der Waals surface area contributed by atoms with E-state index in [1.54, 1.807) is 7.05 Å². The van der Waals surface area contributed by atoms with E-state index in [0.29, 0.717) is 24.6 Å². The molecule has 1 unspecified atom stereocenters. The van der Waals surface area contributed by atoms with Crippen LogP contribution in [-0.2, 0) is 0 Å². The van der Waals surface area contributed by atoms with Crippen molar-refractivity contribution >= 4 is 23.2 Å². The third-order valence-corrected chi connectivity index (χ3v) is 3.17. The van der Waals surface area contributed by atoms with Crippen molar-refractivity contribution in [3.8, 4) is 5.75 Å². The third kappa shape index (κ3) is 2.78. The number of carbonyl (C=O) groups is 1. The summed E-state index contributed by atoms with van der Waals surface area (Å²) in [6, 6.07) is 4.04. The predicted molar refractivity (Wildman–Crippen MR) is 69.8 cm³/mol. The number of nitro groups is 1. The fourth-order valence-electron chi connectivity index (χ4n) is 1.98. The van der Waals surface area contributed by atoms with Gasteiger partial charge in [-0.2, -0.15) is 0 Å². The van der Waals surface area contributed by atoms with Crippen LogP contribution in [0.3, 0.4) is 0 Å². The van der Waals surface area contributed by atoms with E-state index in [2.05, 4.69) is 0 Å². The molecule has 1 heterocycles. The summed E-state index contributed by atoms with van der Waals surface area (Å²) in [7, 11) is 1.64. The van der Waals surface area contributed by atoms with Gasteiger partial charge in [-0.15, -0.1) is 11.6 Å². The standard InChI is InChI=1S/C12H13ClN2O4/c1-14-7-9(4-5-13)19-11-3-2-8(15(17)18)6-10(11)12(14)16/h2-3,6,9H,4-5,7H2,1H3. The first-order valence-corrected chi connectivity index (χ1v) is 6.33. The fraction of sp³-hybridized carbons (Fsp3) is 0.417. The largest absolute Gasteiger partial charge is 0.488 e. The van der Waals surface area contributed by atoms with Crippen molar-refractivity contribution in [3.63, 3.8) is 0 Å². The summed E-state index contributed by atoms with van der Waals surface area (Å²) in [6.07, 6.45) is 0.407. The number of hydrogen-bond acceptors (Lipinski definition) is 4. The Bertz CT molecular complexity index is 520. The molecular weight excluding hydrogens is 272 g/mol. The van der Waals surface area contributed by atoms with Crippen LogP contribution >= 0.6 is 11.6 Å². The van der Waals surface area contributed by atoms with Gasteiger partial charge < -0.3 is 9.64 Å². The smallest absolute Gasteiger partial charge is 0.270 e. The van der Waals surface area contributed by atoms with Gasteiger partial charge in [-0.05, 0) is 12.5 Å². The monoisotopic (exact) mass is 284 g/mol. The maximum Gasteiger partial charge on any atom is 0.270 e. The molecule has 1 atom stereocenters. The number of alkyl halides is 1. The Kier molecular flexibility index (Phi) is 3.90. The highest BCUT2D eigenvalue weighted by molar-refractivity contribution is 6.17. The van der Waals surface area contributed by atoms with Crippen LogP contribution in [0.4, 0.5) is 5.69 Å². The SMILES string of the molecule is CN1CC(CCCl)Oc2ccc([N+](=O)[O-])cc2C1=O. The highest BCUT2D eigenvalue weighted by Crippen LogP contribution is 2.29. The molecular formula is C12H13ClN2O4. The molecule has 0 aliphatic carbocycles. The van der Waals surface area contributed by atoms with Crippen LogP contribution in [0, 0.1) is 10.1 Å². The fourth-order valence-corrected chi connectivity index (χ4v) is 2.23. The van der Waals surface area contributed by atoms with Gasteiger partial charge in [-0.25, -0.2) is 0 Å². The minimum Gasteiger partial charge on any atom is -0.488 e. The molecule has 0 saturated heterocycles. The number of hydrogen-bond donors (Lipinski definition) is 0. The minimum absolute atomic E-state index is 0.125. The highest BCUT2D eigenvalue weighted by Gasteiger charge is 2.28. The molecule has 1 aromatic carbocycles. The zero-order chi connectivity index (χ0) is 14.0. The summed E-state index contributed by atoms with van der Waals surface area (Å²) >= 11 is 5.69. The lowest BCUT2D eigenvalue weighted by molar-refractivity contribution is -0.384. The molecule has 6 nitrogen and oxygen atoms in total. The number of ether oxygens (including phenoxy) is 1. The van der Waals surface area contributed by atoms with E-state index >= 15 is 0 Å². The molecule has 0 saturated carbocycles. The van der Waals surface area contributed by atoms with Gasteiger partial charge in [-0.1, -0.05) is 0 Å². The number of nitro benzene ring substituents is 1. The molecule has 0 aromatic heterocycles. The number of fused-ring (bicyclic) bond motifs is 1. The first-order chi connectivity index (χ1) is 9.02. The summed E-state index contributed by atoms with van der Waals surface area (Å²) < 4.78 is 5.70. The zero-order valence-electron chi connectivity index (χ0n) is 10.3. The second-order valence-electron chi connectivity index (χ2n) is 4.34. The van der Waals surface area contributed by atoms with E-state index in [-0.39, 0.29) is 23.3 Å². The van der Waals surface area contributed by atoms with Gasteiger partial charge in [0.1, 0.15) is 11.9 Å². The number of halogens is 1. The Hall–Kier alpha value is -1.82. The molecule has 7 heteroatoms. The van der Waals surface area contributed by atoms with E-state index in [1.807, 2.05) is 0 Å². The topological polar surface area (TPSA) is 72.7 Å². The number of carbonyl (C=O) groups excluding carboxylic acids is 1. The van der Waals surface area contributed by atoms with Crippen molar-refractivity contribution in [1.29, 1.82) is 0 Å². The van der Waals surface area contributed by atoms with Crippen LogP contribution in [0.25, 0.3) is 0 Å². The molecule has 1 aromatic rings. The molecule has 1 aliphatic rings. The van der Waals surface area contributed by atoms with E-state index < -0.39 is 4.92 Å². The van der Waals surface area contributed by atoms with Crippen molar-refractivity contribution in [2.75, 3.05) is 19.5 Å². The Balaban J connectivity index is 2.41. The van der Waals surface area contributed by atoms with Crippen molar-refractivity contribution < 1.29 is 14.5 Å². The summed E-state index contributed by atoms with van der Waals surface area (Å²) in [5.41, 5.74) is 0.0914. The van der Waals surface area contributed by atoms with E-state index in [4.69, 9.17) is 16.3 Å². The molecule has 1 amide bonds. The van der Waals surface area contributed by atoms with Crippen LogP contribution in [-0.4, -0.2) is 41.3 Å². The number of amides is 1. The Morgan fingerprint density at radius 2 is 2.32 bits per heavy atom. The van der Waals surface area contributed by atoms with Crippen molar-refractivity contribution in [3.05, 3.63) is 33.9 Å². The summed E-state index contributed by atoms with van der Waals surface area (Å²) in [5, 5.41) is 10.8. The van der Waals surface area contributed by atoms with Crippen LogP contribution in [0.2, 0.25) is 0 Å². The number of likely N-dealkylation sites (N-methyl/N-ethyl adjacent to an activating group) is 1. The summed E-state index contributed by atoms with van der Waals surface area (Å²) in [6.45, 7) is 0.411. The van der Waals surface area contributed by atoms with Crippen molar-refractivity contribution in [1.82, 2.24) is 4.90 Å². The molecule has 102 valence electrons. The van der Waals surface area contributed by atoms with Crippen molar-refractivity contribution in [2.24, 2.45) is 0 Å². The van der Waals surface area contributed by atoms with Gasteiger partial charge in [0, 0.05) is 25.1 Å². The van der Waals surface area contributed by atoms with Gasteiger partial charge in [0.25, 0.3) is 11.6 Å². The first kappa shape index (κ1) is 13.6. The molecule has 19 heavy (non-hydrogen) atoms. The predicted octanol–water partition coefficient (Wildman–Crippen LogP) is 2.06. The lowest BCUT2D eigenvalue weighted by atomic mass is 10.1.